The van der Waals surface area contributed by atoms with E-state index in [2.05, 4.69) is 10.6 Å². The summed E-state index contributed by atoms with van der Waals surface area (Å²) in [6.45, 7) is 5.81. The third kappa shape index (κ3) is 16.9. The number of benzene rings is 5. The van der Waals surface area contributed by atoms with Gasteiger partial charge in [0.25, 0.3) is 11.8 Å². The molecule has 0 spiro atoms. The molecule has 0 saturated carbocycles. The second-order valence-corrected chi connectivity index (χ2v) is 21.8. The fourth-order valence-electron chi connectivity index (χ4n) is 9.77. The number of ether oxygens (including phenoxy) is 4. The second-order valence-electron chi connectivity index (χ2n) is 21.8. The van der Waals surface area contributed by atoms with Gasteiger partial charge in [0, 0.05) is 26.2 Å². The Hall–Kier alpha value is -8.14. The van der Waals surface area contributed by atoms with Crippen molar-refractivity contribution < 1.29 is 57.3 Å². The van der Waals surface area contributed by atoms with Crippen molar-refractivity contribution in [2.75, 3.05) is 26.3 Å². The Balaban J connectivity index is 0.826. The molecule has 2 aliphatic rings. The van der Waals surface area contributed by atoms with E-state index in [0.717, 1.165) is 22.3 Å². The van der Waals surface area contributed by atoms with Crippen LogP contribution in [-0.2, 0) is 73.6 Å². The van der Waals surface area contributed by atoms with E-state index in [1.54, 1.807) is 24.3 Å². The molecule has 2 N–H and O–H groups in total. The Morgan fingerprint density at radius 1 is 0.463 bits per heavy atom. The predicted octanol–water partition coefficient (Wildman–Crippen LogP) is 9.93. The summed E-state index contributed by atoms with van der Waals surface area (Å²) in [4.78, 5) is 111. The fraction of sp³-hybridized carbons (Fsp3) is 0.406. The number of hydrogen-bond acceptors (Lipinski definition) is 12. The molecule has 0 aromatic heterocycles. The molecule has 2 saturated heterocycles. The van der Waals surface area contributed by atoms with Gasteiger partial charge in [-0.25, -0.2) is 19.2 Å². The standard InChI is InChI=1S/C64H74N4O12/c1-63(2,55(69)57(71)67-39-19-17-29-51(67)59(73)79-53(49-25-13-7-14-26-49)37-35-45-21-9-5-10-22-45)43-77-61(75)65-41-47-31-33-48(34-32-47)42-66-62(76)78-44-64(3,4)56(70)58(72)68-40-20-18-30-52(68)60(74)80-54(50-27-15-8-16-28-50)38-36-46-23-11-6-12-24-46/h5-16,21-28,31-34,51-54H,17-20,29-30,35-44H2,1-4H3,(H,65,75)(H,66,76)/t51-,52-,53+,54+/m0/s1. The molecular formula is C64H74N4O12. The number of hydrogen-bond donors (Lipinski definition) is 2. The average molecular weight is 1090 g/mol. The number of likely N-dealkylation sites (tertiary alicyclic amines) is 2. The highest BCUT2D eigenvalue weighted by atomic mass is 16.6. The maximum atomic E-state index is 13.8. The smallest absolute Gasteiger partial charge is 0.407 e. The van der Waals surface area contributed by atoms with Crippen LogP contribution >= 0.6 is 0 Å². The molecule has 2 fully saturated rings. The van der Waals surface area contributed by atoms with Gasteiger partial charge in [0.2, 0.25) is 11.6 Å². The van der Waals surface area contributed by atoms with Crippen molar-refractivity contribution in [1.29, 1.82) is 0 Å². The van der Waals surface area contributed by atoms with E-state index < -0.39 is 95.8 Å². The van der Waals surface area contributed by atoms with E-state index >= 15 is 0 Å². The molecule has 16 heteroatoms. The van der Waals surface area contributed by atoms with E-state index in [0.29, 0.717) is 75.3 Å². The van der Waals surface area contributed by atoms with Gasteiger partial charge in [0.1, 0.15) is 37.5 Å². The van der Waals surface area contributed by atoms with Gasteiger partial charge in [-0.1, -0.05) is 146 Å². The van der Waals surface area contributed by atoms with E-state index in [1.165, 1.54) is 37.5 Å². The minimum absolute atomic E-state index is 0.0684. The maximum absolute atomic E-state index is 13.8. The van der Waals surface area contributed by atoms with Crippen molar-refractivity contribution in [3.63, 3.8) is 0 Å². The predicted molar refractivity (Wildman–Crippen MR) is 299 cm³/mol. The average Bonchev–Trinajstić information content (AvgIpc) is 3.50. The normalized spacial score (nSPS) is 16.2. The molecule has 422 valence electrons. The van der Waals surface area contributed by atoms with Crippen LogP contribution in [0, 0.1) is 10.8 Å². The molecule has 2 heterocycles. The zero-order chi connectivity index (χ0) is 57.1. The van der Waals surface area contributed by atoms with Gasteiger partial charge in [-0.15, -0.1) is 0 Å². The molecule has 0 radical (unpaired) electrons. The highest BCUT2D eigenvalue weighted by Gasteiger charge is 2.44. The molecule has 5 aromatic carbocycles. The van der Waals surface area contributed by atoms with Crippen molar-refractivity contribution in [3.05, 3.63) is 179 Å². The Bertz CT molecular complexity index is 2690. The SMILES string of the molecule is CC(C)(COC(=O)NCc1ccc(CNC(=O)OCC(C)(C)C(=O)C(=O)N2CCCC[C@H]2C(=O)O[C@H](CCc2ccccc2)c2ccccc2)cc1)C(=O)C(=O)N1CCCC[C@H]1C(=O)O[C@H](CCc1ccccc1)c1ccccc1. The summed E-state index contributed by atoms with van der Waals surface area (Å²) >= 11 is 0. The molecule has 0 bridgehead atoms. The van der Waals surface area contributed by atoms with E-state index in [1.807, 2.05) is 121 Å². The van der Waals surface area contributed by atoms with Crippen LogP contribution in [-0.4, -0.2) is 95.7 Å². The van der Waals surface area contributed by atoms with Crippen LogP contribution in [0.4, 0.5) is 9.59 Å². The molecular weight excluding hydrogens is 1020 g/mol. The van der Waals surface area contributed by atoms with Crippen molar-refractivity contribution in [2.45, 2.75) is 129 Å². The van der Waals surface area contributed by atoms with Crippen LogP contribution in [0.2, 0.25) is 0 Å². The van der Waals surface area contributed by atoms with Gasteiger partial charge in [-0.05, 0) is 125 Å². The molecule has 4 atom stereocenters. The van der Waals surface area contributed by atoms with Gasteiger partial charge >= 0.3 is 24.1 Å². The van der Waals surface area contributed by atoms with Crippen molar-refractivity contribution in [3.8, 4) is 0 Å². The molecule has 2 aliphatic heterocycles. The van der Waals surface area contributed by atoms with Gasteiger partial charge < -0.3 is 39.4 Å². The minimum Gasteiger partial charge on any atom is -0.456 e. The van der Waals surface area contributed by atoms with Crippen LogP contribution in [0.1, 0.15) is 125 Å². The molecule has 16 nitrogen and oxygen atoms in total. The maximum Gasteiger partial charge on any atom is 0.407 e. The van der Waals surface area contributed by atoms with Crippen LogP contribution < -0.4 is 10.6 Å². The first kappa shape index (κ1) is 59.5. The number of nitrogens with zero attached hydrogens (tertiary/aromatic N) is 2. The summed E-state index contributed by atoms with van der Waals surface area (Å²) in [5.74, 6) is -4.38. The van der Waals surface area contributed by atoms with Crippen LogP contribution in [0.5, 0.6) is 0 Å². The first-order valence-corrected chi connectivity index (χ1v) is 27.7. The van der Waals surface area contributed by atoms with E-state index in [-0.39, 0.29) is 26.2 Å². The number of nitrogens with one attached hydrogen (secondary N) is 2. The van der Waals surface area contributed by atoms with Gasteiger partial charge in [-0.2, -0.15) is 0 Å². The monoisotopic (exact) mass is 1090 g/mol. The summed E-state index contributed by atoms with van der Waals surface area (Å²) in [5.41, 5.74) is 2.45. The minimum atomic E-state index is -1.41. The first-order valence-electron chi connectivity index (χ1n) is 27.7. The van der Waals surface area contributed by atoms with E-state index in [9.17, 15) is 38.4 Å². The second kappa shape index (κ2) is 28.7. The van der Waals surface area contributed by atoms with Crippen molar-refractivity contribution >= 4 is 47.5 Å². The highest BCUT2D eigenvalue weighted by Crippen LogP contribution is 2.31. The summed E-state index contributed by atoms with van der Waals surface area (Å²) in [5, 5.41) is 5.30. The number of carbonyl (C=O) groups is 8. The topological polar surface area (TPSA) is 204 Å². The number of esters is 2. The number of piperidine rings is 2. The van der Waals surface area contributed by atoms with Gasteiger partial charge in [0.05, 0.1) is 10.8 Å². The zero-order valence-corrected chi connectivity index (χ0v) is 46.3. The third-order valence-electron chi connectivity index (χ3n) is 14.6. The van der Waals surface area contributed by atoms with Crippen molar-refractivity contribution in [1.82, 2.24) is 20.4 Å². The number of carbonyl (C=O) groups excluding carboxylic acids is 8. The highest BCUT2D eigenvalue weighted by molar-refractivity contribution is 6.39. The Labute approximate surface area is 468 Å². The fourth-order valence-corrected chi connectivity index (χ4v) is 9.77. The molecule has 0 unspecified atom stereocenters. The molecule has 80 heavy (non-hydrogen) atoms. The Morgan fingerprint density at radius 2 is 0.800 bits per heavy atom. The molecule has 5 aromatic rings. The lowest BCUT2D eigenvalue weighted by Gasteiger charge is -2.36. The molecule has 0 aliphatic carbocycles. The lowest BCUT2D eigenvalue weighted by atomic mass is 9.87. The lowest BCUT2D eigenvalue weighted by molar-refractivity contribution is -0.165. The molecule has 4 amide bonds. The number of alkyl carbamates (subject to hydrolysis) is 2. The largest absolute Gasteiger partial charge is 0.456 e. The summed E-state index contributed by atoms with van der Waals surface area (Å²) < 4.78 is 23.1. The first-order chi connectivity index (χ1) is 38.5. The number of aryl methyl sites for hydroxylation is 2. The summed E-state index contributed by atoms with van der Waals surface area (Å²) in [6.07, 6.45) is 2.98. The lowest BCUT2D eigenvalue weighted by Crippen LogP contribution is -2.54. The van der Waals surface area contributed by atoms with Crippen LogP contribution in [0.15, 0.2) is 146 Å². The number of Topliss-reactive ketones (excluding diaryl/α,β-unsaturated/α-hetero) is 2. The van der Waals surface area contributed by atoms with Crippen LogP contribution in [0.25, 0.3) is 0 Å². The Morgan fingerprint density at radius 3 is 1.15 bits per heavy atom. The Kier molecular flexibility index (Phi) is 21.3. The third-order valence-corrected chi connectivity index (χ3v) is 14.6. The number of amides is 4. The van der Waals surface area contributed by atoms with Crippen LogP contribution in [0.3, 0.4) is 0 Å². The van der Waals surface area contributed by atoms with Gasteiger partial charge in [-0.3, -0.25) is 19.2 Å². The number of rotatable bonds is 24. The number of ketones is 2. The quantitative estimate of drug-likeness (QED) is 0.0337. The zero-order valence-electron chi connectivity index (χ0n) is 46.3. The summed E-state index contributed by atoms with van der Waals surface area (Å²) in [6, 6.07) is 43.8. The van der Waals surface area contributed by atoms with Crippen molar-refractivity contribution in [2.24, 2.45) is 10.8 Å². The van der Waals surface area contributed by atoms with E-state index in [4.69, 9.17) is 18.9 Å². The van der Waals surface area contributed by atoms with Gasteiger partial charge in [0.15, 0.2) is 0 Å². The molecule has 7 rings (SSSR count). The summed E-state index contributed by atoms with van der Waals surface area (Å²) in [7, 11) is 0.